The summed E-state index contributed by atoms with van der Waals surface area (Å²) in [5, 5.41) is 17.8. The van der Waals surface area contributed by atoms with Crippen LogP contribution in [0.15, 0.2) is 18.2 Å². The Morgan fingerprint density at radius 1 is 1.47 bits per heavy atom. The Morgan fingerprint density at radius 2 is 2.21 bits per heavy atom. The van der Waals surface area contributed by atoms with E-state index in [0.717, 1.165) is 5.56 Å². The number of aliphatic hydroxyl groups is 1. The second-order valence-electron chi connectivity index (χ2n) is 4.39. The fraction of sp³-hybridized carbons (Fsp3) is 0.385. The van der Waals surface area contributed by atoms with Gasteiger partial charge in [0, 0.05) is 6.54 Å². The molecule has 1 aliphatic heterocycles. The number of aliphatic hydroxyl groups excluding tert-OH is 1. The molecule has 19 heavy (non-hydrogen) atoms. The Morgan fingerprint density at radius 3 is 2.84 bits per heavy atom. The number of carboxylic acid groups (broad SMARTS) is 1. The van der Waals surface area contributed by atoms with Crippen molar-refractivity contribution >= 4 is 17.6 Å². The zero-order valence-electron chi connectivity index (χ0n) is 10.5. The Balaban J connectivity index is 2.38. The van der Waals surface area contributed by atoms with E-state index in [1.807, 2.05) is 13.0 Å². The predicted octanol–water partition coefficient (Wildman–Crippen LogP) is 0.556. The number of ether oxygens (including phenoxy) is 1. The number of anilines is 1. The average Bonchev–Trinajstić information content (AvgIpc) is 2.35. The number of aliphatic carboxylic acids is 1. The van der Waals surface area contributed by atoms with Crippen LogP contribution in [0, 0.1) is 6.92 Å². The van der Waals surface area contributed by atoms with Crippen LogP contribution < -0.4 is 9.64 Å². The van der Waals surface area contributed by atoms with Gasteiger partial charge in [-0.25, -0.2) is 0 Å². The van der Waals surface area contributed by atoms with Crippen molar-refractivity contribution < 1.29 is 24.5 Å². The van der Waals surface area contributed by atoms with E-state index in [4.69, 9.17) is 14.9 Å². The second-order valence-corrected chi connectivity index (χ2v) is 4.39. The van der Waals surface area contributed by atoms with Crippen LogP contribution in [0.25, 0.3) is 0 Å². The maximum absolute atomic E-state index is 12.2. The van der Waals surface area contributed by atoms with Crippen molar-refractivity contribution in [1.29, 1.82) is 0 Å². The molecule has 1 aromatic carbocycles. The lowest BCUT2D eigenvalue weighted by molar-refractivity contribution is -0.142. The number of carboxylic acids is 1. The molecule has 2 N–H and O–H groups in total. The van der Waals surface area contributed by atoms with Crippen LogP contribution >= 0.6 is 0 Å². The molecule has 0 bridgehead atoms. The first-order valence-corrected chi connectivity index (χ1v) is 5.94. The second kappa shape index (κ2) is 5.27. The van der Waals surface area contributed by atoms with Crippen LogP contribution in [-0.2, 0) is 9.59 Å². The normalized spacial score (nSPS) is 17.9. The number of carbonyl (C=O) groups is 2. The molecule has 0 saturated heterocycles. The molecule has 1 aromatic rings. The Hall–Kier alpha value is -2.08. The minimum atomic E-state index is -1.10. The summed E-state index contributed by atoms with van der Waals surface area (Å²) in [4.78, 5) is 24.3. The highest BCUT2D eigenvalue weighted by molar-refractivity contribution is 6.01. The van der Waals surface area contributed by atoms with E-state index in [9.17, 15) is 9.59 Å². The number of hydrogen-bond acceptors (Lipinski definition) is 4. The van der Waals surface area contributed by atoms with Gasteiger partial charge in [-0.05, 0) is 24.6 Å². The number of amides is 1. The third-order valence-corrected chi connectivity index (χ3v) is 2.90. The zero-order chi connectivity index (χ0) is 14.0. The molecule has 6 nitrogen and oxygen atoms in total. The van der Waals surface area contributed by atoms with Gasteiger partial charge in [0.1, 0.15) is 5.75 Å². The lowest BCUT2D eigenvalue weighted by Gasteiger charge is -2.33. The van der Waals surface area contributed by atoms with Gasteiger partial charge < -0.3 is 19.8 Å². The van der Waals surface area contributed by atoms with Crippen LogP contribution in [-0.4, -0.2) is 41.3 Å². The molecular weight excluding hydrogens is 250 g/mol. The third kappa shape index (κ3) is 2.68. The summed E-state index contributed by atoms with van der Waals surface area (Å²) in [5.41, 5.74) is 1.52. The number of hydrogen-bond donors (Lipinski definition) is 2. The summed E-state index contributed by atoms with van der Waals surface area (Å²) in [6, 6.07) is 5.31. The number of benzene rings is 1. The molecule has 0 fully saturated rings. The SMILES string of the molecule is Cc1ccc2c(c1)N(CCO)C(=O)C(CC(=O)O)O2. The highest BCUT2D eigenvalue weighted by Gasteiger charge is 2.35. The summed E-state index contributed by atoms with van der Waals surface area (Å²) >= 11 is 0. The molecule has 0 radical (unpaired) electrons. The monoisotopic (exact) mass is 265 g/mol. The Bertz CT molecular complexity index is 514. The molecular formula is C13H15NO5. The van der Waals surface area contributed by atoms with Gasteiger partial charge in [-0.15, -0.1) is 0 Å². The standard InChI is InChI=1S/C13H15NO5/c1-8-2-3-10-9(6-8)14(4-5-15)13(18)11(19-10)7-12(16)17/h2-3,6,11,15H,4-5,7H2,1H3,(H,16,17). The fourth-order valence-corrected chi connectivity index (χ4v) is 2.05. The first-order valence-electron chi connectivity index (χ1n) is 5.94. The molecule has 1 aliphatic rings. The quantitative estimate of drug-likeness (QED) is 0.830. The topological polar surface area (TPSA) is 87.1 Å². The van der Waals surface area contributed by atoms with Gasteiger partial charge >= 0.3 is 5.97 Å². The van der Waals surface area contributed by atoms with Crippen molar-refractivity contribution in [3.05, 3.63) is 23.8 Å². The summed E-state index contributed by atoms with van der Waals surface area (Å²) < 4.78 is 5.43. The number of aryl methyl sites for hydroxylation is 1. The number of nitrogens with zero attached hydrogens (tertiary/aromatic N) is 1. The number of rotatable bonds is 4. The first kappa shape index (κ1) is 13.4. The van der Waals surface area contributed by atoms with Gasteiger partial charge in [0.05, 0.1) is 18.7 Å². The first-order chi connectivity index (χ1) is 9.02. The molecule has 0 saturated carbocycles. The maximum Gasteiger partial charge on any atom is 0.307 e. The van der Waals surface area contributed by atoms with Gasteiger partial charge in [0.15, 0.2) is 6.10 Å². The van der Waals surface area contributed by atoms with Gasteiger partial charge in [-0.2, -0.15) is 0 Å². The van der Waals surface area contributed by atoms with E-state index >= 15 is 0 Å². The van der Waals surface area contributed by atoms with Gasteiger partial charge in [-0.3, -0.25) is 9.59 Å². The molecule has 1 unspecified atom stereocenters. The lowest BCUT2D eigenvalue weighted by Crippen LogP contribution is -2.47. The summed E-state index contributed by atoms with van der Waals surface area (Å²) in [7, 11) is 0. The maximum atomic E-state index is 12.2. The van der Waals surface area contributed by atoms with Crippen molar-refractivity contribution in [3.8, 4) is 5.75 Å². The lowest BCUT2D eigenvalue weighted by atomic mass is 10.1. The van der Waals surface area contributed by atoms with E-state index in [1.54, 1.807) is 12.1 Å². The van der Waals surface area contributed by atoms with Gasteiger partial charge in [0.2, 0.25) is 0 Å². The molecule has 2 rings (SSSR count). The average molecular weight is 265 g/mol. The predicted molar refractivity (Wildman–Crippen MR) is 67.3 cm³/mol. The van der Waals surface area contributed by atoms with Crippen molar-refractivity contribution in [3.63, 3.8) is 0 Å². The van der Waals surface area contributed by atoms with Crippen LogP contribution in [0.1, 0.15) is 12.0 Å². The van der Waals surface area contributed by atoms with Crippen LogP contribution in [0.2, 0.25) is 0 Å². The molecule has 1 amide bonds. The molecule has 1 heterocycles. The minimum Gasteiger partial charge on any atom is -0.481 e. The van der Waals surface area contributed by atoms with Crippen LogP contribution in [0.3, 0.4) is 0 Å². The largest absolute Gasteiger partial charge is 0.481 e. The van der Waals surface area contributed by atoms with Gasteiger partial charge in [-0.1, -0.05) is 6.07 Å². The molecule has 6 heteroatoms. The summed E-state index contributed by atoms with van der Waals surface area (Å²) in [6.45, 7) is 1.80. The van der Waals surface area contributed by atoms with E-state index in [-0.39, 0.29) is 13.2 Å². The van der Waals surface area contributed by atoms with Gasteiger partial charge in [0.25, 0.3) is 5.91 Å². The number of carbonyl (C=O) groups excluding carboxylic acids is 1. The van der Waals surface area contributed by atoms with Crippen molar-refractivity contribution in [2.45, 2.75) is 19.4 Å². The molecule has 0 spiro atoms. The van der Waals surface area contributed by atoms with Crippen LogP contribution in [0.5, 0.6) is 5.75 Å². The highest BCUT2D eigenvalue weighted by Crippen LogP contribution is 2.35. The van der Waals surface area contributed by atoms with Crippen molar-refractivity contribution in [1.82, 2.24) is 0 Å². The Kier molecular flexibility index (Phi) is 3.71. The van der Waals surface area contributed by atoms with Crippen molar-refractivity contribution in [2.24, 2.45) is 0 Å². The molecule has 0 aromatic heterocycles. The van der Waals surface area contributed by atoms with E-state index in [1.165, 1.54) is 4.90 Å². The molecule has 0 aliphatic carbocycles. The van der Waals surface area contributed by atoms with E-state index in [0.29, 0.717) is 11.4 Å². The number of fused-ring (bicyclic) bond motifs is 1. The summed E-state index contributed by atoms with van der Waals surface area (Å²) in [6.07, 6.45) is -1.44. The summed E-state index contributed by atoms with van der Waals surface area (Å²) in [5.74, 6) is -1.07. The van der Waals surface area contributed by atoms with Crippen molar-refractivity contribution in [2.75, 3.05) is 18.1 Å². The number of β-amino-alcohol motifs (C(OH)–C–C–N with tert-alkyl or cyclic N) is 1. The highest BCUT2D eigenvalue weighted by atomic mass is 16.5. The third-order valence-electron chi connectivity index (χ3n) is 2.90. The van der Waals surface area contributed by atoms with E-state index < -0.39 is 24.4 Å². The molecule has 1 atom stereocenters. The van der Waals surface area contributed by atoms with E-state index in [2.05, 4.69) is 0 Å². The van der Waals surface area contributed by atoms with Crippen LogP contribution in [0.4, 0.5) is 5.69 Å². The zero-order valence-corrected chi connectivity index (χ0v) is 10.5. The smallest absolute Gasteiger partial charge is 0.307 e. The minimum absolute atomic E-state index is 0.120. The Labute approximate surface area is 110 Å². The fourth-order valence-electron chi connectivity index (χ4n) is 2.05. The molecule has 102 valence electrons.